The van der Waals surface area contributed by atoms with Crippen LogP contribution < -0.4 is 0 Å². The first-order valence-corrected chi connectivity index (χ1v) is 12.6. The summed E-state index contributed by atoms with van der Waals surface area (Å²) in [6.45, 7) is 9.24. The summed E-state index contributed by atoms with van der Waals surface area (Å²) in [5.74, 6) is 0.712. The summed E-state index contributed by atoms with van der Waals surface area (Å²) < 4.78 is 11.3. The Hall–Kier alpha value is -2.64. The number of fused-ring (bicyclic) bond motifs is 1. The van der Waals surface area contributed by atoms with Crippen LogP contribution >= 0.6 is 0 Å². The van der Waals surface area contributed by atoms with E-state index in [9.17, 15) is 9.59 Å². The molecule has 4 heterocycles. The molecule has 3 atom stereocenters. The highest BCUT2D eigenvalue weighted by atomic mass is 16.5. The minimum absolute atomic E-state index is 0.0569. The Morgan fingerprint density at radius 3 is 2.35 bits per heavy atom. The molecule has 2 aromatic rings. The molecular formula is C27H35N3O4. The van der Waals surface area contributed by atoms with Crippen LogP contribution in [-0.2, 0) is 22.5 Å². The van der Waals surface area contributed by atoms with Crippen molar-refractivity contribution in [2.75, 3.05) is 32.7 Å². The number of amides is 2. The number of hydrogen-bond donors (Lipinski definition) is 0. The lowest BCUT2D eigenvalue weighted by atomic mass is 9.91. The van der Waals surface area contributed by atoms with Gasteiger partial charge in [-0.1, -0.05) is 24.3 Å². The number of nitrogens with zero attached hydrogens (tertiary/aromatic N) is 3. The van der Waals surface area contributed by atoms with Gasteiger partial charge < -0.3 is 19.0 Å². The summed E-state index contributed by atoms with van der Waals surface area (Å²) in [7, 11) is 0. The van der Waals surface area contributed by atoms with Gasteiger partial charge >= 0.3 is 0 Å². The molecule has 2 saturated heterocycles. The van der Waals surface area contributed by atoms with Gasteiger partial charge in [-0.05, 0) is 55.9 Å². The topological polar surface area (TPSA) is 66.2 Å². The molecule has 3 aliphatic heterocycles. The Morgan fingerprint density at radius 2 is 1.68 bits per heavy atom. The summed E-state index contributed by atoms with van der Waals surface area (Å²) in [5.41, 5.74) is 2.24. The first kappa shape index (κ1) is 23.1. The van der Waals surface area contributed by atoms with E-state index in [1.54, 1.807) is 17.0 Å². The Balaban J connectivity index is 1.25. The monoisotopic (exact) mass is 465 g/mol. The van der Waals surface area contributed by atoms with Crippen LogP contribution in [0.15, 0.2) is 47.1 Å². The zero-order chi connectivity index (χ0) is 23.7. The molecule has 5 rings (SSSR count). The van der Waals surface area contributed by atoms with Gasteiger partial charge in [-0.2, -0.15) is 0 Å². The summed E-state index contributed by atoms with van der Waals surface area (Å²) in [5, 5.41) is 0. The van der Waals surface area contributed by atoms with Gasteiger partial charge in [0, 0.05) is 45.7 Å². The normalized spacial score (nSPS) is 26.4. The molecule has 0 bridgehead atoms. The van der Waals surface area contributed by atoms with Gasteiger partial charge in [0.25, 0.3) is 5.91 Å². The number of morpholine rings is 1. The number of benzene rings is 1. The molecular weight excluding hydrogens is 430 g/mol. The predicted molar refractivity (Wildman–Crippen MR) is 128 cm³/mol. The number of carbonyl (C=O) groups is 2. The maximum Gasteiger partial charge on any atom is 0.290 e. The molecule has 182 valence electrons. The number of furan rings is 1. The van der Waals surface area contributed by atoms with Crippen molar-refractivity contribution in [3.8, 4) is 0 Å². The lowest BCUT2D eigenvalue weighted by molar-refractivity contribution is -0.138. The summed E-state index contributed by atoms with van der Waals surface area (Å²) >= 11 is 0. The van der Waals surface area contributed by atoms with Crippen molar-refractivity contribution in [1.29, 1.82) is 0 Å². The van der Waals surface area contributed by atoms with Crippen molar-refractivity contribution in [2.45, 2.75) is 57.9 Å². The molecule has 1 aromatic carbocycles. The van der Waals surface area contributed by atoms with Crippen LogP contribution in [0.25, 0.3) is 0 Å². The quantitative estimate of drug-likeness (QED) is 0.694. The molecule has 3 unspecified atom stereocenters. The van der Waals surface area contributed by atoms with E-state index in [0.717, 1.165) is 56.7 Å². The fraction of sp³-hybridized carbons (Fsp3) is 0.556. The van der Waals surface area contributed by atoms with Crippen LogP contribution in [0, 0.1) is 5.92 Å². The van der Waals surface area contributed by atoms with Gasteiger partial charge in [-0.15, -0.1) is 0 Å². The van der Waals surface area contributed by atoms with Crippen LogP contribution in [-0.4, -0.2) is 77.5 Å². The standard InChI is InChI=1S/C27H35N3O4/c1-19-15-28(16-20(2)34-19)17-21-9-11-29(12-10-21)26(31)24-14-22-6-3-4-7-23(22)18-30(24)27(32)25-8-5-13-33-25/h3-8,13,19-21,24H,9-12,14-18H2,1-2H3. The van der Waals surface area contributed by atoms with Crippen LogP contribution in [0.3, 0.4) is 0 Å². The molecule has 7 heteroatoms. The predicted octanol–water partition coefficient (Wildman–Crippen LogP) is 3.19. The largest absolute Gasteiger partial charge is 0.459 e. The summed E-state index contributed by atoms with van der Waals surface area (Å²) in [6, 6.07) is 11.0. The minimum atomic E-state index is -0.495. The first-order chi connectivity index (χ1) is 16.5. The van der Waals surface area contributed by atoms with Gasteiger partial charge in [0.1, 0.15) is 6.04 Å². The molecule has 7 nitrogen and oxygen atoms in total. The van der Waals surface area contributed by atoms with Crippen LogP contribution in [0.1, 0.15) is 48.4 Å². The molecule has 3 aliphatic rings. The van der Waals surface area contributed by atoms with E-state index in [-0.39, 0.29) is 29.8 Å². The first-order valence-electron chi connectivity index (χ1n) is 12.6. The van der Waals surface area contributed by atoms with Crippen molar-refractivity contribution in [1.82, 2.24) is 14.7 Å². The molecule has 2 fully saturated rings. The van der Waals surface area contributed by atoms with E-state index < -0.39 is 6.04 Å². The number of piperidine rings is 1. The minimum Gasteiger partial charge on any atom is -0.459 e. The highest BCUT2D eigenvalue weighted by molar-refractivity contribution is 5.96. The smallest absolute Gasteiger partial charge is 0.290 e. The summed E-state index contributed by atoms with van der Waals surface area (Å²) in [6.07, 6.45) is 4.60. The van der Waals surface area contributed by atoms with Gasteiger partial charge in [0.2, 0.25) is 5.91 Å². The number of ether oxygens (including phenoxy) is 1. The zero-order valence-electron chi connectivity index (χ0n) is 20.2. The third-order valence-corrected chi connectivity index (χ3v) is 7.46. The molecule has 34 heavy (non-hydrogen) atoms. The van der Waals surface area contributed by atoms with Gasteiger partial charge in [0.15, 0.2) is 5.76 Å². The van der Waals surface area contributed by atoms with Crippen LogP contribution in [0.4, 0.5) is 0 Å². The highest BCUT2D eigenvalue weighted by Gasteiger charge is 2.39. The Labute approximate surface area is 201 Å². The fourth-order valence-corrected chi connectivity index (χ4v) is 5.84. The van der Waals surface area contributed by atoms with Gasteiger partial charge in [0.05, 0.1) is 18.5 Å². The number of rotatable bonds is 4. The van der Waals surface area contributed by atoms with E-state index in [0.29, 0.717) is 18.9 Å². The van der Waals surface area contributed by atoms with Crippen molar-refractivity contribution in [3.63, 3.8) is 0 Å². The lowest BCUT2D eigenvalue weighted by Gasteiger charge is -2.42. The maximum atomic E-state index is 13.7. The Kier molecular flexibility index (Phi) is 6.75. The van der Waals surface area contributed by atoms with E-state index in [2.05, 4.69) is 24.8 Å². The fourth-order valence-electron chi connectivity index (χ4n) is 5.84. The number of carbonyl (C=O) groups excluding carboxylic acids is 2. The molecule has 0 aliphatic carbocycles. The maximum absolute atomic E-state index is 13.7. The van der Waals surface area contributed by atoms with Crippen molar-refractivity contribution in [2.24, 2.45) is 5.92 Å². The number of likely N-dealkylation sites (tertiary alicyclic amines) is 1. The molecule has 1 aromatic heterocycles. The van der Waals surface area contributed by atoms with Crippen molar-refractivity contribution in [3.05, 3.63) is 59.5 Å². The second-order valence-corrected chi connectivity index (χ2v) is 10.1. The van der Waals surface area contributed by atoms with Crippen molar-refractivity contribution >= 4 is 11.8 Å². The molecule has 0 N–H and O–H groups in total. The lowest BCUT2D eigenvalue weighted by Crippen LogP contribution is -2.55. The van der Waals surface area contributed by atoms with Gasteiger partial charge in [-0.3, -0.25) is 14.5 Å². The summed E-state index contributed by atoms with van der Waals surface area (Å²) in [4.78, 5) is 33.1. The van der Waals surface area contributed by atoms with E-state index in [1.807, 2.05) is 23.1 Å². The molecule has 0 saturated carbocycles. The Morgan fingerprint density at radius 1 is 0.971 bits per heavy atom. The van der Waals surface area contributed by atoms with Crippen LogP contribution in [0.2, 0.25) is 0 Å². The zero-order valence-corrected chi connectivity index (χ0v) is 20.2. The highest BCUT2D eigenvalue weighted by Crippen LogP contribution is 2.28. The van der Waals surface area contributed by atoms with E-state index in [1.165, 1.54) is 6.26 Å². The Bertz CT molecular complexity index is 989. The molecule has 0 radical (unpaired) electrons. The average Bonchev–Trinajstić information content (AvgIpc) is 3.37. The third-order valence-electron chi connectivity index (χ3n) is 7.46. The average molecular weight is 466 g/mol. The van der Waals surface area contributed by atoms with Crippen LogP contribution in [0.5, 0.6) is 0 Å². The van der Waals surface area contributed by atoms with Gasteiger partial charge in [-0.25, -0.2) is 0 Å². The van der Waals surface area contributed by atoms with E-state index in [4.69, 9.17) is 9.15 Å². The van der Waals surface area contributed by atoms with E-state index >= 15 is 0 Å². The number of hydrogen-bond acceptors (Lipinski definition) is 5. The SMILES string of the molecule is CC1CN(CC2CCN(C(=O)C3Cc4ccccc4CN3C(=O)c3ccco3)CC2)CC(C)O1. The second kappa shape index (κ2) is 9.92. The third kappa shape index (κ3) is 4.91. The molecule has 2 amide bonds. The van der Waals surface area contributed by atoms with Crippen molar-refractivity contribution < 1.29 is 18.7 Å². The second-order valence-electron chi connectivity index (χ2n) is 10.1. The molecule has 0 spiro atoms.